The van der Waals surface area contributed by atoms with Crippen LogP contribution in [0, 0.1) is 0 Å². The van der Waals surface area contributed by atoms with Crippen LogP contribution < -0.4 is 0 Å². The lowest BCUT2D eigenvalue weighted by Gasteiger charge is -1.84. The Morgan fingerprint density at radius 3 is 2.50 bits per heavy atom. The maximum Gasteiger partial charge on any atom is 0.315 e. The summed E-state index contributed by atoms with van der Waals surface area (Å²) in [6.45, 7) is 0. The summed E-state index contributed by atoms with van der Waals surface area (Å²) in [4.78, 5) is 3.54. The van der Waals surface area contributed by atoms with Crippen molar-refractivity contribution in [1.82, 2.24) is 4.98 Å². The Morgan fingerprint density at radius 1 is 1.70 bits per heavy atom. The van der Waals surface area contributed by atoms with Gasteiger partial charge in [-0.2, -0.15) is 4.98 Å². The molecule has 0 fully saturated rings. The number of hydrogen-bond acceptors (Lipinski definition) is 4. The Morgan fingerprint density at radius 2 is 2.30 bits per heavy atom. The minimum Gasteiger partial charge on any atom is -0.435 e. The molecule has 0 amide bonds. The lowest BCUT2D eigenvalue weighted by Crippen LogP contribution is -1.96. The van der Waals surface area contributed by atoms with Crippen molar-refractivity contribution in [3.05, 3.63) is 10.9 Å². The average Bonchev–Trinajstić information content (AvgIpc) is 2.11. The van der Waals surface area contributed by atoms with E-state index in [4.69, 9.17) is 0 Å². The van der Waals surface area contributed by atoms with Gasteiger partial charge in [0.25, 0.3) is 0 Å². The molecule has 0 N–H and O–H groups in total. The first-order chi connectivity index (χ1) is 4.50. The molecule has 0 atom stereocenters. The van der Waals surface area contributed by atoms with Gasteiger partial charge in [0.1, 0.15) is 10.9 Å². The van der Waals surface area contributed by atoms with Crippen molar-refractivity contribution in [2.24, 2.45) is 0 Å². The summed E-state index contributed by atoms with van der Waals surface area (Å²) in [5.74, 6) is 0. The fraction of sp³-hybridized carbons (Fsp3) is 0.250. The van der Waals surface area contributed by atoms with Crippen molar-refractivity contribution < 1.29 is 12.8 Å². The van der Waals surface area contributed by atoms with Gasteiger partial charge in [0.05, 0.1) is 0 Å². The number of oxazole rings is 1. The van der Waals surface area contributed by atoms with Crippen LogP contribution in [0.2, 0.25) is 0 Å². The molecule has 0 saturated heterocycles. The van der Waals surface area contributed by atoms with E-state index in [0.717, 1.165) is 6.26 Å². The van der Waals surface area contributed by atoms with Crippen molar-refractivity contribution in [2.45, 2.75) is 5.22 Å². The zero-order valence-electron chi connectivity index (χ0n) is 5.04. The first-order valence-electron chi connectivity index (χ1n) is 2.31. The number of sulfone groups is 1. The van der Waals surface area contributed by atoms with Crippen LogP contribution in [0.3, 0.4) is 0 Å². The van der Waals surface area contributed by atoms with Crippen LogP contribution in [0.5, 0.6) is 0 Å². The number of aromatic nitrogens is 1. The van der Waals surface area contributed by atoms with Crippen molar-refractivity contribution in [1.29, 1.82) is 0 Å². The molecule has 0 unspecified atom stereocenters. The molecule has 1 rings (SSSR count). The lowest BCUT2D eigenvalue weighted by molar-refractivity contribution is 0.432. The molecule has 0 saturated carbocycles. The van der Waals surface area contributed by atoms with Gasteiger partial charge in [-0.1, -0.05) is 0 Å². The van der Waals surface area contributed by atoms with E-state index in [1.165, 1.54) is 6.26 Å². The molecule has 1 heterocycles. The van der Waals surface area contributed by atoms with E-state index in [1.807, 2.05) is 0 Å². The normalized spacial score (nSPS) is 11.8. The second kappa shape index (κ2) is 2.35. The Balaban J connectivity index is 3.21. The van der Waals surface area contributed by atoms with E-state index in [2.05, 4.69) is 25.3 Å². The Bertz CT molecular complexity index is 328. The standard InChI is InChI=1S/C4H4BrNO3S/c1-10(7,8)4-6-3(5)2-9-4/h2H,1H3. The van der Waals surface area contributed by atoms with Crippen molar-refractivity contribution in [2.75, 3.05) is 6.26 Å². The Labute approximate surface area is 66.3 Å². The van der Waals surface area contributed by atoms with Gasteiger partial charge in [-0.3, -0.25) is 0 Å². The topological polar surface area (TPSA) is 60.2 Å². The van der Waals surface area contributed by atoms with E-state index < -0.39 is 9.84 Å². The summed E-state index contributed by atoms with van der Waals surface area (Å²) in [5, 5.41) is -0.264. The average molecular weight is 226 g/mol. The predicted molar refractivity (Wildman–Crippen MR) is 37.3 cm³/mol. The largest absolute Gasteiger partial charge is 0.435 e. The number of nitrogens with zero attached hydrogens (tertiary/aromatic N) is 1. The van der Waals surface area contributed by atoms with E-state index in [-0.39, 0.29) is 5.22 Å². The van der Waals surface area contributed by atoms with Crippen molar-refractivity contribution in [3.63, 3.8) is 0 Å². The predicted octanol–water partition coefficient (Wildman–Crippen LogP) is 0.841. The molecule has 10 heavy (non-hydrogen) atoms. The Hall–Kier alpha value is -0.360. The van der Waals surface area contributed by atoms with E-state index in [1.54, 1.807) is 0 Å². The summed E-state index contributed by atoms with van der Waals surface area (Å²) in [7, 11) is -3.29. The van der Waals surface area contributed by atoms with Crippen LogP contribution in [0.1, 0.15) is 0 Å². The van der Waals surface area contributed by atoms with Gasteiger partial charge >= 0.3 is 5.22 Å². The van der Waals surface area contributed by atoms with E-state index in [9.17, 15) is 8.42 Å². The van der Waals surface area contributed by atoms with Gasteiger partial charge in [0.2, 0.25) is 9.84 Å². The molecule has 6 heteroatoms. The molecule has 1 aromatic rings. The summed E-state index contributed by atoms with van der Waals surface area (Å²) in [6, 6.07) is 0. The lowest BCUT2D eigenvalue weighted by atomic mass is 11.0. The van der Waals surface area contributed by atoms with E-state index in [0.29, 0.717) is 4.60 Å². The number of halogens is 1. The van der Waals surface area contributed by atoms with E-state index >= 15 is 0 Å². The summed E-state index contributed by atoms with van der Waals surface area (Å²) < 4.78 is 26.3. The molecule has 0 radical (unpaired) electrons. The first-order valence-corrected chi connectivity index (χ1v) is 4.99. The maximum absolute atomic E-state index is 10.7. The molecule has 56 valence electrons. The third kappa shape index (κ3) is 1.57. The SMILES string of the molecule is CS(=O)(=O)c1nc(Br)co1. The zero-order valence-corrected chi connectivity index (χ0v) is 7.44. The second-order valence-corrected chi connectivity index (χ2v) is 4.41. The highest BCUT2D eigenvalue weighted by Crippen LogP contribution is 2.12. The minimum absolute atomic E-state index is 0.264. The molecule has 4 nitrogen and oxygen atoms in total. The maximum atomic E-state index is 10.7. The molecule has 1 aromatic heterocycles. The molecule has 0 aromatic carbocycles. The van der Waals surface area contributed by atoms with Crippen LogP contribution in [0.25, 0.3) is 0 Å². The molecule has 0 aliphatic carbocycles. The van der Waals surface area contributed by atoms with Gasteiger partial charge in [0.15, 0.2) is 0 Å². The third-order valence-electron chi connectivity index (χ3n) is 0.772. The molecule has 0 aliphatic heterocycles. The van der Waals surface area contributed by atoms with Gasteiger partial charge in [-0.15, -0.1) is 0 Å². The molecule has 0 spiro atoms. The quantitative estimate of drug-likeness (QED) is 0.711. The molecule has 0 bridgehead atoms. The van der Waals surface area contributed by atoms with Crippen LogP contribution in [-0.2, 0) is 9.84 Å². The molecular formula is C4H4BrNO3S. The van der Waals surface area contributed by atoms with Crippen molar-refractivity contribution >= 4 is 25.8 Å². The van der Waals surface area contributed by atoms with Crippen LogP contribution in [0.15, 0.2) is 20.5 Å². The molecule has 0 aliphatic rings. The summed E-state index contributed by atoms with van der Waals surface area (Å²) in [6.07, 6.45) is 2.25. The molecular weight excluding hydrogens is 222 g/mol. The highest BCUT2D eigenvalue weighted by Gasteiger charge is 2.13. The third-order valence-corrected chi connectivity index (χ3v) is 1.96. The summed E-state index contributed by atoms with van der Waals surface area (Å²) in [5.41, 5.74) is 0. The monoisotopic (exact) mass is 225 g/mol. The van der Waals surface area contributed by atoms with Gasteiger partial charge in [-0.05, 0) is 15.9 Å². The van der Waals surface area contributed by atoms with Crippen LogP contribution in [0.4, 0.5) is 0 Å². The zero-order chi connectivity index (χ0) is 7.78. The van der Waals surface area contributed by atoms with Crippen molar-refractivity contribution in [3.8, 4) is 0 Å². The van der Waals surface area contributed by atoms with Gasteiger partial charge < -0.3 is 4.42 Å². The van der Waals surface area contributed by atoms with Gasteiger partial charge in [0, 0.05) is 6.26 Å². The highest BCUT2D eigenvalue weighted by molar-refractivity contribution is 9.10. The fourth-order valence-corrected chi connectivity index (χ4v) is 1.27. The smallest absolute Gasteiger partial charge is 0.315 e. The number of hydrogen-bond donors (Lipinski definition) is 0. The second-order valence-electron chi connectivity index (χ2n) is 1.71. The first kappa shape index (κ1) is 7.74. The fourth-order valence-electron chi connectivity index (χ4n) is 0.409. The highest BCUT2D eigenvalue weighted by atomic mass is 79.9. The van der Waals surface area contributed by atoms with Gasteiger partial charge in [-0.25, -0.2) is 8.42 Å². The Kier molecular flexibility index (Phi) is 1.82. The number of rotatable bonds is 1. The van der Waals surface area contributed by atoms with Crippen LogP contribution in [-0.4, -0.2) is 19.7 Å². The van der Waals surface area contributed by atoms with Crippen LogP contribution >= 0.6 is 15.9 Å². The summed E-state index contributed by atoms with van der Waals surface area (Å²) >= 11 is 2.96. The minimum atomic E-state index is -3.29.